The highest BCUT2D eigenvalue weighted by atomic mass is 16.3. The smallest absolute Gasteiger partial charge is 0.136 e. The maximum absolute atomic E-state index is 6.39. The van der Waals surface area contributed by atoms with Crippen molar-refractivity contribution in [2.45, 2.75) is 0 Å². The average Bonchev–Trinajstić information content (AvgIpc) is 2.99. The standard InChI is InChI=1S/C20H13N3O/c21-19-15-11-18-14(13-8-4-5-9-17(13)24-18)10-16(15)22-23-20(19)12-6-2-1-3-7-12/h1-11H,(H2,21,22). The molecule has 24 heavy (non-hydrogen) atoms. The first-order chi connectivity index (χ1) is 11.8. The van der Waals surface area contributed by atoms with Crippen LogP contribution in [0.2, 0.25) is 0 Å². The van der Waals surface area contributed by atoms with E-state index >= 15 is 0 Å². The number of rotatable bonds is 1. The minimum Gasteiger partial charge on any atom is -0.456 e. The number of hydrogen-bond acceptors (Lipinski definition) is 4. The molecule has 0 saturated carbocycles. The lowest BCUT2D eigenvalue weighted by molar-refractivity contribution is 0.669. The van der Waals surface area contributed by atoms with Gasteiger partial charge in [-0.2, -0.15) is 0 Å². The monoisotopic (exact) mass is 311 g/mol. The number of hydrogen-bond donors (Lipinski definition) is 1. The molecule has 0 atom stereocenters. The summed E-state index contributed by atoms with van der Waals surface area (Å²) in [6, 6.07) is 21.8. The van der Waals surface area contributed by atoms with Crippen molar-refractivity contribution in [3.63, 3.8) is 0 Å². The van der Waals surface area contributed by atoms with Crippen LogP contribution < -0.4 is 5.73 Å². The Morgan fingerprint density at radius 3 is 2.38 bits per heavy atom. The van der Waals surface area contributed by atoms with Crippen LogP contribution in [-0.2, 0) is 0 Å². The van der Waals surface area contributed by atoms with Crippen LogP contribution >= 0.6 is 0 Å². The van der Waals surface area contributed by atoms with E-state index in [0.29, 0.717) is 11.4 Å². The van der Waals surface area contributed by atoms with E-state index in [2.05, 4.69) is 10.2 Å². The molecule has 2 aromatic heterocycles. The van der Waals surface area contributed by atoms with Crippen molar-refractivity contribution >= 4 is 38.5 Å². The van der Waals surface area contributed by atoms with Gasteiger partial charge in [-0.1, -0.05) is 48.5 Å². The van der Waals surface area contributed by atoms with Crippen LogP contribution in [0.4, 0.5) is 5.69 Å². The van der Waals surface area contributed by atoms with Crippen molar-refractivity contribution in [2.24, 2.45) is 0 Å². The van der Waals surface area contributed by atoms with Gasteiger partial charge in [0.1, 0.15) is 16.9 Å². The Morgan fingerprint density at radius 2 is 1.50 bits per heavy atom. The summed E-state index contributed by atoms with van der Waals surface area (Å²) in [6.45, 7) is 0. The second-order valence-electron chi connectivity index (χ2n) is 5.79. The van der Waals surface area contributed by atoms with Crippen LogP contribution in [0.1, 0.15) is 0 Å². The predicted molar refractivity (Wildman–Crippen MR) is 96.7 cm³/mol. The SMILES string of the molecule is Nc1c(-c2ccccc2)nnc2cc3c(cc12)oc1ccccc13. The highest BCUT2D eigenvalue weighted by molar-refractivity contribution is 6.11. The summed E-state index contributed by atoms with van der Waals surface area (Å²) < 4.78 is 5.96. The highest BCUT2D eigenvalue weighted by Gasteiger charge is 2.13. The Hall–Kier alpha value is -3.40. The second-order valence-corrected chi connectivity index (χ2v) is 5.79. The molecular formula is C20H13N3O. The van der Waals surface area contributed by atoms with E-state index in [9.17, 15) is 0 Å². The van der Waals surface area contributed by atoms with E-state index in [1.807, 2.05) is 66.7 Å². The van der Waals surface area contributed by atoms with Crippen LogP contribution in [0.5, 0.6) is 0 Å². The van der Waals surface area contributed by atoms with Gasteiger partial charge in [0.05, 0.1) is 11.2 Å². The van der Waals surface area contributed by atoms with E-state index in [0.717, 1.165) is 38.4 Å². The van der Waals surface area contributed by atoms with Crippen LogP contribution in [0, 0.1) is 0 Å². The van der Waals surface area contributed by atoms with E-state index in [4.69, 9.17) is 10.2 Å². The number of benzene rings is 3. The summed E-state index contributed by atoms with van der Waals surface area (Å²) >= 11 is 0. The fourth-order valence-electron chi connectivity index (χ4n) is 3.15. The van der Waals surface area contributed by atoms with Gasteiger partial charge in [0.2, 0.25) is 0 Å². The number of aromatic nitrogens is 2. The number of para-hydroxylation sites is 1. The molecule has 0 amide bonds. The average molecular weight is 311 g/mol. The molecule has 4 nitrogen and oxygen atoms in total. The van der Waals surface area contributed by atoms with Gasteiger partial charge in [-0.15, -0.1) is 10.2 Å². The molecule has 4 heteroatoms. The van der Waals surface area contributed by atoms with E-state index in [1.54, 1.807) is 0 Å². The molecule has 0 saturated heterocycles. The Morgan fingerprint density at radius 1 is 0.708 bits per heavy atom. The van der Waals surface area contributed by atoms with Gasteiger partial charge in [-0.25, -0.2) is 0 Å². The molecular weight excluding hydrogens is 298 g/mol. The fraction of sp³-hybridized carbons (Fsp3) is 0. The van der Waals surface area contributed by atoms with Crippen molar-refractivity contribution in [1.82, 2.24) is 10.2 Å². The van der Waals surface area contributed by atoms with Crippen LogP contribution in [-0.4, -0.2) is 10.2 Å². The van der Waals surface area contributed by atoms with Crippen molar-refractivity contribution in [2.75, 3.05) is 5.73 Å². The molecule has 0 fully saturated rings. The molecule has 2 heterocycles. The molecule has 2 N–H and O–H groups in total. The minimum atomic E-state index is 0.619. The fourth-order valence-corrected chi connectivity index (χ4v) is 3.15. The molecule has 3 aromatic carbocycles. The molecule has 0 unspecified atom stereocenters. The molecule has 0 aliphatic rings. The molecule has 5 aromatic rings. The minimum absolute atomic E-state index is 0.619. The first-order valence-electron chi connectivity index (χ1n) is 7.74. The second kappa shape index (κ2) is 4.80. The first-order valence-corrected chi connectivity index (χ1v) is 7.74. The summed E-state index contributed by atoms with van der Waals surface area (Å²) in [6.07, 6.45) is 0. The van der Waals surface area contributed by atoms with Gasteiger partial charge in [0.25, 0.3) is 0 Å². The summed E-state index contributed by atoms with van der Waals surface area (Å²) in [7, 11) is 0. The topological polar surface area (TPSA) is 64.9 Å². The van der Waals surface area contributed by atoms with Crippen molar-refractivity contribution < 1.29 is 4.42 Å². The zero-order valence-corrected chi connectivity index (χ0v) is 12.7. The predicted octanol–water partition coefficient (Wildman–Crippen LogP) is 4.78. The molecule has 5 rings (SSSR count). The number of furan rings is 1. The lowest BCUT2D eigenvalue weighted by Crippen LogP contribution is -1.97. The summed E-state index contributed by atoms with van der Waals surface area (Å²) in [5.41, 5.74) is 11.1. The normalized spacial score (nSPS) is 11.5. The first kappa shape index (κ1) is 13.1. The number of nitrogens with zero attached hydrogens (tertiary/aromatic N) is 2. The Kier molecular flexibility index (Phi) is 2.61. The Balaban J connectivity index is 1.85. The van der Waals surface area contributed by atoms with Gasteiger partial charge in [-0.3, -0.25) is 0 Å². The third-order valence-electron chi connectivity index (χ3n) is 4.35. The quantitative estimate of drug-likeness (QED) is 0.484. The van der Waals surface area contributed by atoms with Gasteiger partial charge in [0.15, 0.2) is 0 Å². The van der Waals surface area contributed by atoms with Crippen molar-refractivity contribution in [3.8, 4) is 11.3 Å². The van der Waals surface area contributed by atoms with E-state index in [1.165, 1.54) is 0 Å². The number of fused-ring (bicyclic) bond motifs is 4. The third-order valence-corrected chi connectivity index (χ3v) is 4.35. The molecule has 0 aliphatic carbocycles. The summed E-state index contributed by atoms with van der Waals surface area (Å²) in [5, 5.41) is 11.7. The lowest BCUT2D eigenvalue weighted by atomic mass is 10.1. The van der Waals surface area contributed by atoms with E-state index in [-0.39, 0.29) is 0 Å². The maximum atomic E-state index is 6.39. The molecule has 0 bridgehead atoms. The van der Waals surface area contributed by atoms with Crippen LogP contribution in [0.25, 0.3) is 44.1 Å². The molecule has 0 radical (unpaired) electrons. The van der Waals surface area contributed by atoms with Crippen molar-refractivity contribution in [1.29, 1.82) is 0 Å². The number of nitrogen functional groups attached to an aromatic ring is 1. The zero-order valence-electron chi connectivity index (χ0n) is 12.7. The highest BCUT2D eigenvalue weighted by Crippen LogP contribution is 2.35. The number of anilines is 1. The van der Waals surface area contributed by atoms with Gasteiger partial charge in [0, 0.05) is 21.7 Å². The lowest BCUT2D eigenvalue weighted by Gasteiger charge is -2.07. The zero-order chi connectivity index (χ0) is 16.1. The Labute approximate surface area is 137 Å². The molecule has 114 valence electrons. The molecule has 0 spiro atoms. The summed E-state index contributed by atoms with van der Waals surface area (Å²) in [4.78, 5) is 0. The van der Waals surface area contributed by atoms with Gasteiger partial charge < -0.3 is 10.2 Å². The third kappa shape index (κ3) is 1.80. The summed E-state index contributed by atoms with van der Waals surface area (Å²) in [5.74, 6) is 0. The van der Waals surface area contributed by atoms with Gasteiger partial charge >= 0.3 is 0 Å². The largest absolute Gasteiger partial charge is 0.456 e. The van der Waals surface area contributed by atoms with E-state index < -0.39 is 0 Å². The van der Waals surface area contributed by atoms with Crippen LogP contribution in [0.15, 0.2) is 71.1 Å². The van der Waals surface area contributed by atoms with Gasteiger partial charge in [-0.05, 0) is 18.2 Å². The Bertz CT molecular complexity index is 1210. The molecule has 0 aliphatic heterocycles. The van der Waals surface area contributed by atoms with Crippen molar-refractivity contribution in [3.05, 3.63) is 66.7 Å². The maximum Gasteiger partial charge on any atom is 0.136 e. The van der Waals surface area contributed by atoms with Crippen LogP contribution in [0.3, 0.4) is 0 Å². The number of nitrogens with two attached hydrogens (primary N) is 1.